The first-order valence-electron chi connectivity index (χ1n) is 5.05. The first-order valence-corrected chi connectivity index (χ1v) is 5.87. The topological polar surface area (TPSA) is 69.9 Å². The van der Waals surface area contributed by atoms with Gasteiger partial charge < -0.3 is 5.21 Å². The molecule has 1 aromatic heterocycles. The van der Waals surface area contributed by atoms with Crippen molar-refractivity contribution in [2.45, 2.75) is 13.8 Å². The molecule has 0 aliphatic carbocycles. The quantitative estimate of drug-likeness (QED) is 0.498. The zero-order valence-electron chi connectivity index (χ0n) is 9.51. The number of benzene rings is 1. The highest BCUT2D eigenvalue weighted by molar-refractivity contribution is 7.22. The maximum atomic E-state index is 8.58. The molecule has 5 nitrogen and oxygen atoms in total. The van der Waals surface area contributed by atoms with Crippen LogP contribution in [0.3, 0.4) is 0 Å². The van der Waals surface area contributed by atoms with Gasteiger partial charge in [0.25, 0.3) is 0 Å². The summed E-state index contributed by atoms with van der Waals surface area (Å²) in [4.78, 5) is 4.37. The van der Waals surface area contributed by atoms with Gasteiger partial charge in [0, 0.05) is 0 Å². The molecule has 0 unspecified atom stereocenters. The van der Waals surface area contributed by atoms with Gasteiger partial charge in [-0.2, -0.15) is 5.10 Å². The molecule has 6 heteroatoms. The number of hydrogen-bond acceptors (Lipinski definition) is 6. The van der Waals surface area contributed by atoms with Gasteiger partial charge in [-0.25, -0.2) is 4.98 Å². The largest absolute Gasteiger partial charge is 0.411 e. The second kappa shape index (κ2) is 4.92. The number of thiazole rings is 1. The number of rotatable bonds is 3. The normalized spacial score (nSPS) is 13.1. The van der Waals surface area contributed by atoms with Crippen LogP contribution in [0.15, 0.2) is 34.5 Å². The third-order valence-electron chi connectivity index (χ3n) is 2.29. The molecule has 0 aliphatic rings. The first-order chi connectivity index (χ1) is 8.20. The molecule has 0 spiro atoms. The number of nitrogens with zero attached hydrogens (tertiary/aromatic N) is 3. The zero-order valence-corrected chi connectivity index (χ0v) is 10.3. The summed E-state index contributed by atoms with van der Waals surface area (Å²) in [6.45, 7) is 3.44. The number of aromatic nitrogens is 1. The van der Waals surface area contributed by atoms with E-state index in [0.29, 0.717) is 11.4 Å². The highest BCUT2D eigenvalue weighted by Gasteiger charge is 2.02. The molecule has 88 valence electrons. The van der Waals surface area contributed by atoms with Crippen molar-refractivity contribution < 1.29 is 5.21 Å². The Labute approximate surface area is 102 Å². The lowest BCUT2D eigenvalue weighted by atomic mass is 10.3. The lowest BCUT2D eigenvalue weighted by molar-refractivity contribution is 0.320. The van der Waals surface area contributed by atoms with Crippen LogP contribution >= 0.6 is 11.3 Å². The molecule has 0 aliphatic heterocycles. The average Bonchev–Trinajstić information content (AvgIpc) is 2.77. The predicted molar refractivity (Wildman–Crippen MR) is 71.2 cm³/mol. The summed E-state index contributed by atoms with van der Waals surface area (Å²) in [7, 11) is 0. The molecule has 0 amide bonds. The van der Waals surface area contributed by atoms with E-state index in [1.54, 1.807) is 13.8 Å². The minimum absolute atomic E-state index is 0.471. The molecule has 2 aromatic rings. The molecule has 2 rings (SSSR count). The molecule has 0 bridgehead atoms. The van der Waals surface area contributed by atoms with E-state index in [2.05, 4.69) is 20.7 Å². The summed E-state index contributed by atoms with van der Waals surface area (Å²) in [5.41, 5.74) is 4.89. The molecule has 2 N–H and O–H groups in total. The second-order valence-corrected chi connectivity index (χ2v) is 4.51. The zero-order chi connectivity index (χ0) is 12.3. The van der Waals surface area contributed by atoms with Crippen molar-refractivity contribution in [3.05, 3.63) is 24.3 Å². The summed E-state index contributed by atoms with van der Waals surface area (Å²) >= 11 is 1.53. The lowest BCUT2D eigenvalue weighted by Crippen LogP contribution is -2.07. The fourth-order valence-electron chi connectivity index (χ4n) is 1.20. The van der Waals surface area contributed by atoms with Crippen molar-refractivity contribution in [3.63, 3.8) is 0 Å². The van der Waals surface area contributed by atoms with Crippen molar-refractivity contribution >= 4 is 38.1 Å². The Hall–Kier alpha value is -1.95. The molecular formula is C11H12N4OS. The van der Waals surface area contributed by atoms with Gasteiger partial charge in [0.2, 0.25) is 5.13 Å². The molecule has 0 fully saturated rings. The third-order valence-corrected chi connectivity index (χ3v) is 3.23. The van der Waals surface area contributed by atoms with Crippen LogP contribution in [-0.2, 0) is 0 Å². The van der Waals surface area contributed by atoms with Gasteiger partial charge in [-0.05, 0) is 26.0 Å². The van der Waals surface area contributed by atoms with Crippen LogP contribution in [-0.4, -0.2) is 21.6 Å². The fourth-order valence-corrected chi connectivity index (χ4v) is 2.01. The highest BCUT2D eigenvalue weighted by atomic mass is 32.1. The fraction of sp³-hybridized carbons (Fsp3) is 0.182. The Morgan fingerprint density at radius 1 is 1.29 bits per heavy atom. The maximum Gasteiger partial charge on any atom is 0.204 e. The standard InChI is InChI=1S/C11H12N4OS/c1-7(8(2)15-16)13-14-11-12-9-5-3-4-6-10(9)17-11/h3-6,16H,1-2H3,(H,12,14). The van der Waals surface area contributed by atoms with Gasteiger partial charge in [-0.1, -0.05) is 28.6 Å². The Morgan fingerprint density at radius 2 is 2.06 bits per heavy atom. The van der Waals surface area contributed by atoms with Crippen molar-refractivity contribution in [2.24, 2.45) is 10.3 Å². The van der Waals surface area contributed by atoms with Crippen LogP contribution in [0.1, 0.15) is 13.8 Å². The van der Waals surface area contributed by atoms with Crippen LogP contribution in [0, 0.1) is 0 Å². The van der Waals surface area contributed by atoms with Gasteiger partial charge in [-0.15, -0.1) is 0 Å². The van der Waals surface area contributed by atoms with Gasteiger partial charge in [0.1, 0.15) is 0 Å². The van der Waals surface area contributed by atoms with E-state index in [0.717, 1.165) is 15.3 Å². The van der Waals surface area contributed by atoms with E-state index >= 15 is 0 Å². The van der Waals surface area contributed by atoms with E-state index in [1.165, 1.54) is 11.3 Å². The summed E-state index contributed by atoms with van der Waals surface area (Å²) < 4.78 is 1.11. The first kappa shape index (κ1) is 11.5. The molecule has 0 saturated carbocycles. The van der Waals surface area contributed by atoms with E-state index < -0.39 is 0 Å². The Balaban J connectivity index is 2.19. The van der Waals surface area contributed by atoms with Crippen LogP contribution in [0.4, 0.5) is 5.13 Å². The Kier molecular flexibility index (Phi) is 3.34. The van der Waals surface area contributed by atoms with E-state index in [-0.39, 0.29) is 0 Å². The number of hydrogen-bond donors (Lipinski definition) is 2. The molecule has 1 heterocycles. The van der Waals surface area contributed by atoms with Crippen LogP contribution < -0.4 is 5.43 Å². The number of oxime groups is 1. The predicted octanol–water partition coefficient (Wildman–Crippen LogP) is 2.93. The van der Waals surface area contributed by atoms with E-state index in [1.807, 2.05) is 24.3 Å². The van der Waals surface area contributed by atoms with Crippen molar-refractivity contribution in [1.29, 1.82) is 0 Å². The number of nitrogens with one attached hydrogen (secondary N) is 1. The smallest absolute Gasteiger partial charge is 0.204 e. The van der Waals surface area contributed by atoms with Crippen molar-refractivity contribution in [2.75, 3.05) is 5.43 Å². The summed E-state index contributed by atoms with van der Waals surface area (Å²) in [5.74, 6) is 0. The van der Waals surface area contributed by atoms with E-state index in [4.69, 9.17) is 5.21 Å². The minimum atomic E-state index is 0.471. The molecular weight excluding hydrogens is 236 g/mol. The summed E-state index contributed by atoms with van der Waals surface area (Å²) in [5, 5.41) is 16.5. The monoisotopic (exact) mass is 248 g/mol. The molecule has 0 saturated heterocycles. The average molecular weight is 248 g/mol. The van der Waals surface area contributed by atoms with Crippen LogP contribution in [0.5, 0.6) is 0 Å². The van der Waals surface area contributed by atoms with Gasteiger partial charge >= 0.3 is 0 Å². The van der Waals surface area contributed by atoms with Crippen molar-refractivity contribution in [1.82, 2.24) is 4.98 Å². The van der Waals surface area contributed by atoms with Crippen molar-refractivity contribution in [3.8, 4) is 0 Å². The lowest BCUT2D eigenvalue weighted by Gasteiger charge is -1.97. The number of anilines is 1. The Bertz CT molecular complexity index is 555. The third kappa shape index (κ3) is 2.59. The maximum absolute atomic E-state index is 8.58. The molecule has 17 heavy (non-hydrogen) atoms. The van der Waals surface area contributed by atoms with E-state index in [9.17, 15) is 0 Å². The van der Waals surface area contributed by atoms with Gasteiger partial charge in [0.05, 0.1) is 21.6 Å². The molecule has 0 atom stereocenters. The van der Waals surface area contributed by atoms with Gasteiger partial charge in [0.15, 0.2) is 0 Å². The SMILES string of the molecule is CC(=NO)C(C)=NNc1nc2ccccc2s1. The second-order valence-electron chi connectivity index (χ2n) is 3.48. The Morgan fingerprint density at radius 3 is 2.76 bits per heavy atom. The minimum Gasteiger partial charge on any atom is -0.411 e. The number of fused-ring (bicyclic) bond motifs is 1. The number of para-hydroxylation sites is 1. The van der Waals surface area contributed by atoms with Crippen LogP contribution in [0.2, 0.25) is 0 Å². The summed E-state index contributed by atoms with van der Waals surface area (Å²) in [6, 6.07) is 7.88. The molecule has 1 aromatic carbocycles. The van der Waals surface area contributed by atoms with Gasteiger partial charge in [-0.3, -0.25) is 5.43 Å². The molecule has 0 radical (unpaired) electrons. The number of hydrazone groups is 1. The highest BCUT2D eigenvalue weighted by Crippen LogP contribution is 2.25. The van der Waals surface area contributed by atoms with Crippen LogP contribution in [0.25, 0.3) is 10.2 Å². The summed E-state index contributed by atoms with van der Waals surface area (Å²) in [6.07, 6.45) is 0.